The number of aliphatic carboxylic acids is 1. The second-order valence-corrected chi connectivity index (χ2v) is 4.68. The summed E-state index contributed by atoms with van der Waals surface area (Å²) in [5.74, 6) is -2.07. The third-order valence-corrected chi connectivity index (χ3v) is 3.46. The fraction of sp³-hybridized carbons (Fsp3) is 0.286. The molecule has 0 fully saturated rings. The van der Waals surface area contributed by atoms with Crippen LogP contribution in [-0.2, 0) is 9.59 Å². The van der Waals surface area contributed by atoms with Gasteiger partial charge >= 0.3 is 5.97 Å². The lowest BCUT2D eigenvalue weighted by molar-refractivity contribution is -0.384. The van der Waals surface area contributed by atoms with E-state index >= 15 is 0 Å². The number of carboxylic acids is 1. The zero-order valence-corrected chi connectivity index (χ0v) is 10.8. The summed E-state index contributed by atoms with van der Waals surface area (Å²) in [6.45, 7) is 1.48. The molecule has 1 aromatic carbocycles. The van der Waals surface area contributed by atoms with Crippen molar-refractivity contribution in [3.8, 4) is 0 Å². The maximum atomic E-state index is 11.8. The smallest absolute Gasteiger partial charge is 0.310 e. The van der Waals surface area contributed by atoms with Gasteiger partial charge in [0.05, 0.1) is 10.8 Å². The van der Waals surface area contributed by atoms with Gasteiger partial charge in [-0.15, -0.1) is 0 Å². The van der Waals surface area contributed by atoms with Gasteiger partial charge in [0.1, 0.15) is 0 Å². The van der Waals surface area contributed by atoms with Crippen molar-refractivity contribution in [1.29, 1.82) is 0 Å². The van der Waals surface area contributed by atoms with Crippen LogP contribution in [0.3, 0.4) is 0 Å². The quantitative estimate of drug-likeness (QED) is 0.672. The fourth-order valence-corrected chi connectivity index (χ4v) is 2.39. The lowest BCUT2D eigenvalue weighted by Gasteiger charge is -2.10. The predicted molar refractivity (Wildman–Crippen MR) is 71.1 cm³/mol. The molecule has 6 nitrogen and oxygen atoms in total. The molecule has 1 N–H and O–H groups in total. The summed E-state index contributed by atoms with van der Waals surface area (Å²) in [6.07, 6.45) is 0.767. The summed E-state index contributed by atoms with van der Waals surface area (Å²) in [5, 5.41) is 19.7. The third kappa shape index (κ3) is 2.45. The normalized spacial score (nSPS) is 16.4. The van der Waals surface area contributed by atoms with Crippen LogP contribution in [0.5, 0.6) is 0 Å². The number of Topliss-reactive ketones (excluding diaryl/α,β-unsaturated/α-hetero) is 1. The summed E-state index contributed by atoms with van der Waals surface area (Å²) >= 11 is 0. The van der Waals surface area contributed by atoms with Gasteiger partial charge in [-0.2, -0.15) is 0 Å². The molecule has 0 saturated carbocycles. The van der Waals surface area contributed by atoms with Crippen LogP contribution in [0.15, 0.2) is 29.8 Å². The molecule has 0 aromatic heterocycles. The SMILES string of the molecule is CC(C(=O)O)C1=C(c2ccc([N+](=O)[O-])cc2)CCC1=O. The average Bonchev–Trinajstić information content (AvgIpc) is 2.79. The first-order valence-corrected chi connectivity index (χ1v) is 6.15. The number of carboxylic acid groups (broad SMARTS) is 1. The Bertz CT molecular complexity index is 615. The minimum Gasteiger partial charge on any atom is -0.481 e. The van der Waals surface area contributed by atoms with Crippen LogP contribution in [0.25, 0.3) is 5.57 Å². The van der Waals surface area contributed by atoms with Gasteiger partial charge in [0.15, 0.2) is 5.78 Å². The molecule has 0 spiro atoms. The first-order chi connectivity index (χ1) is 9.41. The fourth-order valence-electron chi connectivity index (χ4n) is 2.39. The topological polar surface area (TPSA) is 97.5 Å². The zero-order chi connectivity index (χ0) is 14.9. The molecule has 104 valence electrons. The number of carbonyl (C=O) groups excluding carboxylic acids is 1. The van der Waals surface area contributed by atoms with Gasteiger partial charge < -0.3 is 5.11 Å². The van der Waals surface area contributed by atoms with Gasteiger partial charge in [0.25, 0.3) is 5.69 Å². The molecule has 1 aliphatic carbocycles. The van der Waals surface area contributed by atoms with Crippen molar-refractivity contribution in [1.82, 2.24) is 0 Å². The summed E-state index contributed by atoms with van der Waals surface area (Å²) in [6, 6.07) is 5.82. The molecule has 1 atom stereocenters. The summed E-state index contributed by atoms with van der Waals surface area (Å²) in [7, 11) is 0. The van der Waals surface area contributed by atoms with Gasteiger partial charge in [-0.05, 0) is 36.6 Å². The Morgan fingerprint density at radius 3 is 2.40 bits per heavy atom. The molecule has 20 heavy (non-hydrogen) atoms. The Balaban J connectivity index is 2.45. The number of nitro benzene ring substituents is 1. The molecule has 1 aromatic rings. The van der Waals surface area contributed by atoms with Crippen molar-refractivity contribution in [3.05, 3.63) is 45.5 Å². The molecule has 0 bridgehead atoms. The number of ketones is 1. The molecule has 0 heterocycles. The highest BCUT2D eigenvalue weighted by Gasteiger charge is 2.31. The summed E-state index contributed by atoms with van der Waals surface area (Å²) < 4.78 is 0. The van der Waals surface area contributed by atoms with E-state index in [1.165, 1.54) is 19.1 Å². The van der Waals surface area contributed by atoms with E-state index in [0.29, 0.717) is 29.6 Å². The van der Waals surface area contributed by atoms with Crippen molar-refractivity contribution in [2.75, 3.05) is 0 Å². The maximum absolute atomic E-state index is 11.8. The van der Waals surface area contributed by atoms with E-state index in [-0.39, 0.29) is 11.5 Å². The minimum atomic E-state index is -1.05. The number of hydrogen-bond donors (Lipinski definition) is 1. The van der Waals surface area contributed by atoms with E-state index in [0.717, 1.165) is 0 Å². The highest BCUT2D eigenvalue weighted by Crippen LogP contribution is 2.36. The summed E-state index contributed by atoms with van der Waals surface area (Å²) in [4.78, 5) is 33.0. The largest absolute Gasteiger partial charge is 0.481 e. The van der Waals surface area contributed by atoms with E-state index < -0.39 is 16.8 Å². The van der Waals surface area contributed by atoms with Crippen LogP contribution >= 0.6 is 0 Å². The minimum absolute atomic E-state index is 0.0356. The van der Waals surface area contributed by atoms with Crippen molar-refractivity contribution in [3.63, 3.8) is 0 Å². The molecule has 1 aliphatic rings. The zero-order valence-electron chi connectivity index (χ0n) is 10.8. The average molecular weight is 275 g/mol. The van der Waals surface area contributed by atoms with Crippen LogP contribution in [0.2, 0.25) is 0 Å². The van der Waals surface area contributed by atoms with Crippen LogP contribution in [0, 0.1) is 16.0 Å². The van der Waals surface area contributed by atoms with Crippen LogP contribution in [-0.4, -0.2) is 21.8 Å². The second kappa shape index (κ2) is 5.24. The molecule has 0 aliphatic heterocycles. The van der Waals surface area contributed by atoms with Crippen LogP contribution in [0.4, 0.5) is 5.69 Å². The highest BCUT2D eigenvalue weighted by molar-refractivity contribution is 6.10. The predicted octanol–water partition coefficient (Wildman–Crippen LogP) is 2.43. The lowest BCUT2D eigenvalue weighted by atomic mass is 9.93. The molecule has 1 unspecified atom stereocenters. The second-order valence-electron chi connectivity index (χ2n) is 4.68. The molecule has 2 rings (SSSR count). The van der Waals surface area contributed by atoms with Crippen LogP contribution in [0.1, 0.15) is 25.3 Å². The number of non-ortho nitro benzene ring substituents is 1. The third-order valence-electron chi connectivity index (χ3n) is 3.46. The van der Waals surface area contributed by atoms with E-state index in [1.54, 1.807) is 12.1 Å². The summed E-state index contributed by atoms with van der Waals surface area (Å²) in [5.41, 5.74) is 1.63. The maximum Gasteiger partial charge on any atom is 0.310 e. The first-order valence-electron chi connectivity index (χ1n) is 6.15. The molecular weight excluding hydrogens is 262 g/mol. The molecule has 6 heteroatoms. The number of nitro groups is 1. The number of rotatable bonds is 4. The van der Waals surface area contributed by atoms with Crippen molar-refractivity contribution < 1.29 is 19.6 Å². The molecular formula is C14H13NO5. The van der Waals surface area contributed by atoms with Gasteiger partial charge in [0, 0.05) is 24.1 Å². The Hall–Kier alpha value is -2.50. The number of carbonyl (C=O) groups is 2. The van der Waals surface area contributed by atoms with E-state index in [4.69, 9.17) is 5.11 Å². The van der Waals surface area contributed by atoms with Gasteiger partial charge in [0.2, 0.25) is 0 Å². The first kappa shape index (κ1) is 13.9. The van der Waals surface area contributed by atoms with Crippen molar-refractivity contribution >= 4 is 23.0 Å². The van der Waals surface area contributed by atoms with Gasteiger partial charge in [-0.3, -0.25) is 19.7 Å². The van der Waals surface area contributed by atoms with Crippen molar-refractivity contribution in [2.24, 2.45) is 5.92 Å². The van der Waals surface area contributed by atoms with Gasteiger partial charge in [-0.25, -0.2) is 0 Å². The monoisotopic (exact) mass is 275 g/mol. The Morgan fingerprint density at radius 1 is 1.30 bits per heavy atom. The van der Waals surface area contributed by atoms with E-state index in [9.17, 15) is 19.7 Å². The number of allylic oxidation sites excluding steroid dienone is 1. The van der Waals surface area contributed by atoms with Crippen molar-refractivity contribution in [2.45, 2.75) is 19.8 Å². The molecule has 0 saturated heterocycles. The Kier molecular flexibility index (Phi) is 3.65. The van der Waals surface area contributed by atoms with E-state index in [1.807, 2.05) is 0 Å². The Morgan fingerprint density at radius 2 is 1.90 bits per heavy atom. The lowest BCUT2D eigenvalue weighted by Crippen LogP contribution is -2.16. The molecule has 0 radical (unpaired) electrons. The number of benzene rings is 1. The highest BCUT2D eigenvalue weighted by atomic mass is 16.6. The van der Waals surface area contributed by atoms with Crippen LogP contribution < -0.4 is 0 Å². The number of hydrogen-bond acceptors (Lipinski definition) is 4. The number of nitrogens with zero attached hydrogens (tertiary/aromatic N) is 1. The Labute approximate surface area is 114 Å². The molecule has 0 amide bonds. The van der Waals surface area contributed by atoms with E-state index in [2.05, 4.69) is 0 Å². The van der Waals surface area contributed by atoms with Gasteiger partial charge in [-0.1, -0.05) is 0 Å². The standard InChI is InChI=1S/C14H13NO5/c1-8(14(17)18)13-11(6-7-12(13)16)9-2-4-10(5-3-9)15(19)20/h2-5,8H,6-7H2,1H3,(H,17,18).